The van der Waals surface area contributed by atoms with E-state index in [1.54, 1.807) is 6.07 Å². The van der Waals surface area contributed by atoms with Crippen LogP contribution >= 0.6 is 0 Å². The van der Waals surface area contributed by atoms with Crippen LogP contribution in [0.5, 0.6) is 5.75 Å². The van der Waals surface area contributed by atoms with Gasteiger partial charge in [-0.25, -0.2) is 0 Å². The fraction of sp³-hybridized carbons (Fsp3) is 0.571. The van der Waals surface area contributed by atoms with E-state index in [1.807, 2.05) is 18.2 Å². The molecule has 0 aromatic heterocycles. The minimum Gasteiger partial charge on any atom is -0.508 e. The van der Waals surface area contributed by atoms with Crippen LogP contribution in [-0.2, 0) is 6.54 Å². The number of para-hydroxylation sites is 1. The second-order valence-corrected chi connectivity index (χ2v) is 5.02. The lowest BCUT2D eigenvalue weighted by molar-refractivity contribution is 0.0982. The third-order valence-electron chi connectivity index (χ3n) is 3.84. The molecule has 1 aliphatic rings. The molecule has 1 aromatic rings. The largest absolute Gasteiger partial charge is 0.508 e. The molecule has 0 saturated carbocycles. The molecular weight excluding hydrogens is 212 g/mol. The third kappa shape index (κ3) is 2.79. The molecule has 0 amide bonds. The Labute approximate surface area is 103 Å². The molecule has 94 valence electrons. The maximum Gasteiger partial charge on any atom is 0.120 e. The van der Waals surface area contributed by atoms with Crippen LogP contribution in [0.2, 0.25) is 0 Å². The van der Waals surface area contributed by atoms with Gasteiger partial charge in [0.15, 0.2) is 0 Å². The number of likely N-dealkylation sites (tertiary alicyclic amines) is 1. The number of nitrogens with two attached hydrogens (primary N) is 1. The van der Waals surface area contributed by atoms with Crippen molar-refractivity contribution in [3.05, 3.63) is 29.8 Å². The number of aromatic hydroxyl groups is 1. The molecule has 0 spiro atoms. The van der Waals surface area contributed by atoms with Gasteiger partial charge in [-0.1, -0.05) is 25.1 Å². The lowest BCUT2D eigenvalue weighted by atomic mass is 9.90. The van der Waals surface area contributed by atoms with Gasteiger partial charge in [-0.2, -0.15) is 0 Å². The highest BCUT2D eigenvalue weighted by Gasteiger charge is 2.27. The Morgan fingerprint density at radius 1 is 1.41 bits per heavy atom. The molecule has 1 aliphatic heterocycles. The van der Waals surface area contributed by atoms with E-state index >= 15 is 0 Å². The van der Waals surface area contributed by atoms with E-state index in [4.69, 9.17) is 5.73 Å². The number of phenolic OH excluding ortho intramolecular Hbond substituents is 1. The number of rotatable bonds is 3. The second-order valence-electron chi connectivity index (χ2n) is 5.02. The SMILES string of the molecule is CC1CCCN(Cc2ccccc2O)C1CN. The standard InChI is InChI=1S/C14H22N2O/c1-11-5-4-8-16(13(11)9-15)10-12-6-2-3-7-14(12)17/h2-3,6-7,11,13,17H,4-5,8-10,15H2,1H3. The minimum atomic E-state index is 0.390. The number of nitrogens with zero attached hydrogens (tertiary/aromatic N) is 1. The Morgan fingerprint density at radius 3 is 2.88 bits per heavy atom. The summed E-state index contributed by atoms with van der Waals surface area (Å²) in [7, 11) is 0. The molecule has 1 saturated heterocycles. The summed E-state index contributed by atoms with van der Waals surface area (Å²) < 4.78 is 0. The summed E-state index contributed by atoms with van der Waals surface area (Å²) in [6, 6.07) is 8.02. The van der Waals surface area contributed by atoms with E-state index < -0.39 is 0 Å². The summed E-state index contributed by atoms with van der Waals surface area (Å²) in [6.45, 7) is 4.86. The molecule has 17 heavy (non-hydrogen) atoms. The van der Waals surface area contributed by atoms with E-state index in [1.165, 1.54) is 12.8 Å². The first-order chi connectivity index (χ1) is 8.22. The molecular formula is C14H22N2O. The molecule has 2 unspecified atom stereocenters. The predicted molar refractivity (Wildman–Crippen MR) is 69.8 cm³/mol. The van der Waals surface area contributed by atoms with Crippen LogP contribution in [-0.4, -0.2) is 29.1 Å². The number of benzene rings is 1. The van der Waals surface area contributed by atoms with Crippen LogP contribution in [0.25, 0.3) is 0 Å². The van der Waals surface area contributed by atoms with Crippen molar-refractivity contribution < 1.29 is 5.11 Å². The van der Waals surface area contributed by atoms with Crippen LogP contribution < -0.4 is 5.73 Å². The van der Waals surface area contributed by atoms with Crippen LogP contribution in [0.15, 0.2) is 24.3 Å². The van der Waals surface area contributed by atoms with Crippen LogP contribution in [0.1, 0.15) is 25.3 Å². The van der Waals surface area contributed by atoms with Gasteiger partial charge in [-0.15, -0.1) is 0 Å². The molecule has 3 heteroatoms. The van der Waals surface area contributed by atoms with Crippen molar-refractivity contribution in [1.29, 1.82) is 0 Å². The normalized spacial score (nSPS) is 26.0. The van der Waals surface area contributed by atoms with Gasteiger partial charge < -0.3 is 10.8 Å². The van der Waals surface area contributed by atoms with Gasteiger partial charge in [0, 0.05) is 24.7 Å². The maximum atomic E-state index is 9.81. The Hall–Kier alpha value is -1.06. The molecule has 0 aliphatic carbocycles. The van der Waals surface area contributed by atoms with Crippen molar-refractivity contribution in [2.75, 3.05) is 13.1 Å². The topological polar surface area (TPSA) is 49.5 Å². The second kappa shape index (κ2) is 5.52. The van der Waals surface area contributed by atoms with Gasteiger partial charge in [0.1, 0.15) is 5.75 Å². The smallest absolute Gasteiger partial charge is 0.120 e. The van der Waals surface area contributed by atoms with E-state index in [2.05, 4.69) is 11.8 Å². The number of piperidine rings is 1. The molecule has 1 fully saturated rings. The highest BCUT2D eigenvalue weighted by Crippen LogP contribution is 2.26. The summed E-state index contributed by atoms with van der Waals surface area (Å²) in [5.41, 5.74) is 6.87. The number of hydrogen-bond acceptors (Lipinski definition) is 3. The molecule has 2 rings (SSSR count). The van der Waals surface area contributed by atoms with Gasteiger partial charge in [-0.3, -0.25) is 4.90 Å². The van der Waals surface area contributed by atoms with Gasteiger partial charge in [-0.05, 0) is 31.4 Å². The van der Waals surface area contributed by atoms with E-state index in [0.717, 1.165) is 18.7 Å². The summed E-state index contributed by atoms with van der Waals surface area (Å²) in [6.07, 6.45) is 2.49. The first-order valence-corrected chi connectivity index (χ1v) is 6.43. The zero-order valence-corrected chi connectivity index (χ0v) is 10.5. The lowest BCUT2D eigenvalue weighted by Crippen LogP contribution is -2.47. The van der Waals surface area contributed by atoms with E-state index in [9.17, 15) is 5.11 Å². The fourth-order valence-electron chi connectivity index (χ4n) is 2.78. The lowest BCUT2D eigenvalue weighted by Gasteiger charge is -2.39. The first kappa shape index (κ1) is 12.4. The average molecular weight is 234 g/mol. The molecule has 1 aromatic carbocycles. The van der Waals surface area contributed by atoms with Gasteiger partial charge in [0.25, 0.3) is 0 Å². The van der Waals surface area contributed by atoms with Crippen molar-refractivity contribution in [3.63, 3.8) is 0 Å². The summed E-state index contributed by atoms with van der Waals surface area (Å²) in [5, 5.41) is 9.81. The minimum absolute atomic E-state index is 0.390. The van der Waals surface area contributed by atoms with Crippen molar-refractivity contribution in [2.45, 2.75) is 32.4 Å². The highest BCUT2D eigenvalue weighted by atomic mass is 16.3. The summed E-state index contributed by atoms with van der Waals surface area (Å²) in [4.78, 5) is 2.41. The van der Waals surface area contributed by atoms with E-state index in [-0.39, 0.29) is 0 Å². The van der Waals surface area contributed by atoms with Gasteiger partial charge in [0.2, 0.25) is 0 Å². The molecule has 0 bridgehead atoms. The molecule has 1 heterocycles. The number of phenols is 1. The first-order valence-electron chi connectivity index (χ1n) is 6.43. The van der Waals surface area contributed by atoms with Crippen molar-refractivity contribution in [3.8, 4) is 5.75 Å². The molecule has 3 N–H and O–H groups in total. The maximum absolute atomic E-state index is 9.81. The molecule has 2 atom stereocenters. The zero-order valence-electron chi connectivity index (χ0n) is 10.5. The Balaban J connectivity index is 2.09. The van der Waals surface area contributed by atoms with Crippen molar-refractivity contribution in [2.24, 2.45) is 11.7 Å². The van der Waals surface area contributed by atoms with Crippen molar-refractivity contribution in [1.82, 2.24) is 4.90 Å². The van der Waals surface area contributed by atoms with Crippen LogP contribution in [0.4, 0.5) is 0 Å². The van der Waals surface area contributed by atoms with Crippen LogP contribution in [0, 0.1) is 5.92 Å². The fourth-order valence-corrected chi connectivity index (χ4v) is 2.78. The highest BCUT2D eigenvalue weighted by molar-refractivity contribution is 5.31. The third-order valence-corrected chi connectivity index (χ3v) is 3.84. The summed E-state index contributed by atoms with van der Waals surface area (Å²) in [5.74, 6) is 1.04. The molecule has 0 radical (unpaired) electrons. The Morgan fingerprint density at radius 2 is 2.18 bits per heavy atom. The zero-order chi connectivity index (χ0) is 12.3. The monoisotopic (exact) mass is 234 g/mol. The average Bonchev–Trinajstić information content (AvgIpc) is 2.32. The summed E-state index contributed by atoms with van der Waals surface area (Å²) >= 11 is 0. The predicted octanol–water partition coefficient (Wildman–Crippen LogP) is 1.95. The van der Waals surface area contributed by atoms with Crippen molar-refractivity contribution >= 4 is 0 Å². The molecule has 3 nitrogen and oxygen atoms in total. The Bertz CT molecular complexity index is 367. The Kier molecular flexibility index (Phi) is 4.02. The number of hydrogen-bond donors (Lipinski definition) is 2. The van der Waals surface area contributed by atoms with Gasteiger partial charge >= 0.3 is 0 Å². The van der Waals surface area contributed by atoms with Gasteiger partial charge in [0.05, 0.1) is 0 Å². The van der Waals surface area contributed by atoms with Crippen LogP contribution in [0.3, 0.4) is 0 Å². The quantitative estimate of drug-likeness (QED) is 0.840. The van der Waals surface area contributed by atoms with E-state index in [0.29, 0.717) is 24.3 Å².